The lowest BCUT2D eigenvalue weighted by molar-refractivity contribution is -0.273. The van der Waals surface area contributed by atoms with Crippen molar-refractivity contribution in [3.8, 4) is 0 Å². The largest absolute Gasteiger partial charge is 0.347 e. The van der Waals surface area contributed by atoms with Gasteiger partial charge in [0.05, 0.1) is 13.2 Å². The highest BCUT2D eigenvalue weighted by atomic mass is 16.7. The first-order valence-corrected chi connectivity index (χ1v) is 7.92. The summed E-state index contributed by atoms with van der Waals surface area (Å²) >= 11 is 0. The summed E-state index contributed by atoms with van der Waals surface area (Å²) in [7, 11) is 0. The Bertz CT molecular complexity index is 308. The van der Waals surface area contributed by atoms with Gasteiger partial charge in [-0.15, -0.1) is 0 Å². The second-order valence-corrected chi connectivity index (χ2v) is 6.54. The molecule has 3 heteroatoms. The first-order chi connectivity index (χ1) is 8.90. The van der Waals surface area contributed by atoms with E-state index in [1.807, 2.05) is 0 Å². The van der Waals surface area contributed by atoms with E-state index >= 15 is 0 Å². The molecule has 2 aliphatic heterocycles. The second kappa shape index (κ2) is 4.46. The molecule has 4 fully saturated rings. The number of hydrogen-bond acceptors (Lipinski definition) is 3. The fourth-order valence-electron chi connectivity index (χ4n) is 5.07. The van der Waals surface area contributed by atoms with Gasteiger partial charge in [0.25, 0.3) is 0 Å². The monoisotopic (exact) mass is 251 g/mol. The van der Waals surface area contributed by atoms with Crippen LogP contribution >= 0.6 is 0 Å². The van der Waals surface area contributed by atoms with E-state index in [-0.39, 0.29) is 5.79 Å². The van der Waals surface area contributed by atoms with E-state index in [2.05, 4.69) is 4.90 Å². The van der Waals surface area contributed by atoms with E-state index in [0.717, 1.165) is 19.3 Å². The van der Waals surface area contributed by atoms with Crippen LogP contribution in [0.4, 0.5) is 0 Å². The SMILES string of the molecule is C1C[C@@H]2CC[C@H](N3CCCC3)[C@H](C1)C21OCCO1. The summed E-state index contributed by atoms with van der Waals surface area (Å²) in [5.74, 6) is 1.15. The van der Waals surface area contributed by atoms with Crippen molar-refractivity contribution < 1.29 is 9.47 Å². The van der Waals surface area contributed by atoms with Crippen LogP contribution < -0.4 is 0 Å². The van der Waals surface area contributed by atoms with Crippen LogP contribution in [0.2, 0.25) is 0 Å². The number of hydrogen-bond donors (Lipinski definition) is 0. The highest BCUT2D eigenvalue weighted by molar-refractivity contribution is 5.03. The van der Waals surface area contributed by atoms with E-state index < -0.39 is 0 Å². The Hall–Kier alpha value is -0.120. The minimum absolute atomic E-state index is 0.177. The van der Waals surface area contributed by atoms with E-state index in [1.54, 1.807) is 0 Å². The molecule has 2 bridgehead atoms. The highest BCUT2D eigenvalue weighted by Gasteiger charge is 2.58. The molecule has 0 aromatic heterocycles. The zero-order chi connectivity index (χ0) is 12.0. The Morgan fingerprint density at radius 3 is 2.39 bits per heavy atom. The van der Waals surface area contributed by atoms with E-state index in [1.165, 1.54) is 58.0 Å². The molecule has 4 aliphatic rings. The summed E-state index contributed by atoms with van der Waals surface area (Å²) in [6, 6.07) is 0.738. The molecule has 3 atom stereocenters. The third-order valence-electron chi connectivity index (χ3n) is 5.78. The molecule has 18 heavy (non-hydrogen) atoms. The van der Waals surface area contributed by atoms with Crippen molar-refractivity contribution in [2.45, 2.75) is 56.8 Å². The smallest absolute Gasteiger partial charge is 0.175 e. The Labute approximate surface area is 110 Å². The lowest BCUT2D eigenvalue weighted by Gasteiger charge is -2.54. The van der Waals surface area contributed by atoms with Crippen LogP contribution in [0.1, 0.15) is 44.9 Å². The first-order valence-electron chi connectivity index (χ1n) is 7.92. The van der Waals surface area contributed by atoms with Crippen LogP contribution in [0.25, 0.3) is 0 Å². The van der Waals surface area contributed by atoms with Gasteiger partial charge in [-0.3, -0.25) is 4.90 Å². The average Bonchev–Trinajstić information content (AvgIpc) is 3.01. The number of likely N-dealkylation sites (tertiary alicyclic amines) is 1. The first kappa shape index (κ1) is 11.7. The van der Waals surface area contributed by atoms with Gasteiger partial charge < -0.3 is 9.47 Å². The zero-order valence-corrected chi connectivity index (χ0v) is 11.3. The lowest BCUT2D eigenvalue weighted by Crippen LogP contribution is -2.60. The third kappa shape index (κ3) is 1.60. The molecule has 2 heterocycles. The summed E-state index contributed by atoms with van der Waals surface area (Å²) in [4.78, 5) is 2.74. The summed E-state index contributed by atoms with van der Waals surface area (Å²) in [6.07, 6.45) is 9.50. The van der Waals surface area contributed by atoms with Crippen molar-refractivity contribution in [1.29, 1.82) is 0 Å². The normalized spacial score (nSPS) is 43.7. The molecule has 0 radical (unpaired) electrons. The molecule has 0 unspecified atom stereocenters. The maximum atomic E-state index is 6.19. The summed E-state index contributed by atoms with van der Waals surface area (Å²) < 4.78 is 12.4. The van der Waals surface area contributed by atoms with E-state index in [0.29, 0.717) is 11.8 Å². The molecular weight excluding hydrogens is 226 g/mol. The summed E-state index contributed by atoms with van der Waals surface area (Å²) in [5.41, 5.74) is 0. The van der Waals surface area contributed by atoms with Gasteiger partial charge in [-0.1, -0.05) is 6.42 Å². The third-order valence-corrected chi connectivity index (χ3v) is 5.78. The Morgan fingerprint density at radius 2 is 1.61 bits per heavy atom. The molecule has 0 aromatic rings. The van der Waals surface area contributed by atoms with Crippen LogP contribution in [-0.4, -0.2) is 43.0 Å². The number of rotatable bonds is 1. The predicted molar refractivity (Wildman–Crippen MR) is 69.3 cm³/mol. The van der Waals surface area contributed by atoms with Crippen molar-refractivity contribution in [2.24, 2.45) is 11.8 Å². The molecule has 0 aromatic carbocycles. The number of ether oxygens (including phenoxy) is 2. The van der Waals surface area contributed by atoms with Crippen LogP contribution in [0.3, 0.4) is 0 Å². The van der Waals surface area contributed by atoms with Gasteiger partial charge in [-0.05, 0) is 51.6 Å². The van der Waals surface area contributed by atoms with Crippen LogP contribution in [-0.2, 0) is 9.47 Å². The van der Waals surface area contributed by atoms with Crippen molar-refractivity contribution in [1.82, 2.24) is 4.90 Å². The molecule has 4 rings (SSSR count). The van der Waals surface area contributed by atoms with Crippen molar-refractivity contribution >= 4 is 0 Å². The average molecular weight is 251 g/mol. The number of nitrogens with zero attached hydrogens (tertiary/aromatic N) is 1. The molecule has 0 N–H and O–H groups in total. The Morgan fingerprint density at radius 1 is 0.833 bits per heavy atom. The molecule has 2 saturated carbocycles. The van der Waals surface area contributed by atoms with E-state index in [9.17, 15) is 0 Å². The lowest BCUT2D eigenvalue weighted by atomic mass is 9.64. The minimum Gasteiger partial charge on any atom is -0.347 e. The Kier molecular flexibility index (Phi) is 2.90. The van der Waals surface area contributed by atoms with Crippen LogP contribution in [0.15, 0.2) is 0 Å². The van der Waals surface area contributed by atoms with E-state index in [4.69, 9.17) is 9.47 Å². The van der Waals surface area contributed by atoms with Crippen LogP contribution in [0.5, 0.6) is 0 Å². The fraction of sp³-hybridized carbons (Fsp3) is 1.00. The molecule has 2 aliphatic carbocycles. The van der Waals surface area contributed by atoms with Gasteiger partial charge in [0.1, 0.15) is 0 Å². The van der Waals surface area contributed by atoms with Crippen molar-refractivity contribution in [3.63, 3.8) is 0 Å². The van der Waals surface area contributed by atoms with Gasteiger partial charge in [0.2, 0.25) is 0 Å². The Balaban J connectivity index is 1.62. The minimum atomic E-state index is -0.177. The standard InChI is InChI=1S/C15H25NO2/c1-2-9-16(8-1)14-7-6-12-4-3-5-13(14)15(12)17-10-11-18-15/h12-14H,1-11H2/t12-,13+,14+/m1/s1. The van der Waals surface area contributed by atoms with Gasteiger partial charge in [0.15, 0.2) is 5.79 Å². The van der Waals surface area contributed by atoms with Crippen molar-refractivity contribution in [3.05, 3.63) is 0 Å². The molecular formula is C15H25NO2. The predicted octanol–water partition coefficient (Wildman–Crippen LogP) is 2.40. The molecule has 102 valence electrons. The van der Waals surface area contributed by atoms with Gasteiger partial charge in [0, 0.05) is 17.9 Å². The van der Waals surface area contributed by atoms with Crippen molar-refractivity contribution in [2.75, 3.05) is 26.3 Å². The molecule has 1 spiro atoms. The fourth-order valence-corrected chi connectivity index (χ4v) is 5.07. The van der Waals surface area contributed by atoms with Gasteiger partial charge in [-0.2, -0.15) is 0 Å². The topological polar surface area (TPSA) is 21.7 Å². The van der Waals surface area contributed by atoms with Gasteiger partial charge in [-0.25, -0.2) is 0 Å². The molecule has 0 amide bonds. The quantitative estimate of drug-likeness (QED) is 0.714. The zero-order valence-electron chi connectivity index (χ0n) is 11.3. The summed E-state index contributed by atoms with van der Waals surface area (Å²) in [6.45, 7) is 4.25. The second-order valence-electron chi connectivity index (χ2n) is 6.54. The summed E-state index contributed by atoms with van der Waals surface area (Å²) in [5, 5.41) is 0. The molecule has 3 nitrogen and oxygen atoms in total. The molecule has 2 saturated heterocycles. The maximum Gasteiger partial charge on any atom is 0.175 e. The van der Waals surface area contributed by atoms with Gasteiger partial charge >= 0.3 is 0 Å². The maximum absolute atomic E-state index is 6.19. The van der Waals surface area contributed by atoms with Crippen LogP contribution in [0, 0.1) is 11.8 Å². The highest BCUT2D eigenvalue weighted by Crippen LogP contribution is 2.53.